The fourth-order valence-corrected chi connectivity index (χ4v) is 5.74. The van der Waals surface area contributed by atoms with Gasteiger partial charge in [-0.25, -0.2) is 4.57 Å². The number of rotatable bonds is 32. The lowest BCUT2D eigenvalue weighted by Gasteiger charge is -2.25. The standard InChI is InChI=1S/C33H67N2O7P/c1-3-5-7-9-11-13-14-15-17-19-21-23-25-32(37)31(29-42-43(39,40)41-27-26-34)35-33(38)28-30(36)24-22-20-18-16-12-10-8-6-4-2/h10,12,30-32,36-37H,3-9,11,13-29,34H2,1-2H3,(H,35,38)(H,39,40)/b12-10-. The monoisotopic (exact) mass is 634 g/mol. The number of nitrogens with one attached hydrogen (secondary N) is 1. The van der Waals surface area contributed by atoms with Crippen LogP contribution in [0.15, 0.2) is 12.2 Å². The van der Waals surface area contributed by atoms with Crippen LogP contribution < -0.4 is 11.1 Å². The highest BCUT2D eigenvalue weighted by Gasteiger charge is 2.28. The van der Waals surface area contributed by atoms with Crippen LogP contribution in [0.4, 0.5) is 0 Å². The molecule has 0 bridgehead atoms. The normalized spacial score (nSPS) is 15.4. The molecule has 10 heteroatoms. The van der Waals surface area contributed by atoms with Gasteiger partial charge in [0.05, 0.1) is 37.9 Å². The molecular formula is C33H67N2O7P. The van der Waals surface area contributed by atoms with E-state index >= 15 is 0 Å². The van der Waals surface area contributed by atoms with Crippen LogP contribution in [-0.4, -0.2) is 59.0 Å². The molecule has 43 heavy (non-hydrogen) atoms. The van der Waals surface area contributed by atoms with Gasteiger partial charge < -0.3 is 26.2 Å². The minimum Gasteiger partial charge on any atom is -0.393 e. The summed E-state index contributed by atoms with van der Waals surface area (Å²) in [6.45, 7) is 3.95. The number of carbonyl (C=O) groups is 1. The van der Waals surface area contributed by atoms with Crippen LogP contribution in [0, 0.1) is 0 Å². The number of carbonyl (C=O) groups excluding carboxylic acids is 1. The topological polar surface area (TPSA) is 151 Å². The van der Waals surface area contributed by atoms with Crippen molar-refractivity contribution in [2.75, 3.05) is 19.8 Å². The summed E-state index contributed by atoms with van der Waals surface area (Å²) in [5.41, 5.74) is 5.33. The molecule has 0 spiro atoms. The van der Waals surface area contributed by atoms with Gasteiger partial charge in [0.25, 0.3) is 0 Å². The molecule has 0 aromatic rings. The largest absolute Gasteiger partial charge is 0.472 e. The smallest absolute Gasteiger partial charge is 0.393 e. The second-order valence-electron chi connectivity index (χ2n) is 11.9. The number of phosphoric ester groups is 1. The molecule has 0 heterocycles. The molecule has 0 aromatic heterocycles. The molecule has 4 atom stereocenters. The van der Waals surface area contributed by atoms with Gasteiger partial charge >= 0.3 is 7.82 Å². The predicted octanol–water partition coefficient (Wildman–Crippen LogP) is 7.46. The summed E-state index contributed by atoms with van der Waals surface area (Å²) in [5, 5.41) is 23.9. The highest BCUT2D eigenvalue weighted by molar-refractivity contribution is 7.47. The van der Waals surface area contributed by atoms with E-state index in [4.69, 9.17) is 14.8 Å². The molecule has 0 aliphatic rings. The molecule has 0 radical (unpaired) electrons. The summed E-state index contributed by atoms with van der Waals surface area (Å²) >= 11 is 0. The number of hydrogen-bond donors (Lipinski definition) is 5. The van der Waals surface area contributed by atoms with Gasteiger partial charge in [0.2, 0.25) is 5.91 Å². The summed E-state index contributed by atoms with van der Waals surface area (Å²) in [6.07, 6.45) is 25.5. The van der Waals surface area contributed by atoms with Crippen molar-refractivity contribution >= 4 is 13.7 Å². The molecule has 0 rings (SSSR count). The molecule has 1 amide bonds. The van der Waals surface area contributed by atoms with Crippen LogP contribution in [-0.2, 0) is 18.4 Å². The van der Waals surface area contributed by atoms with E-state index in [0.717, 1.165) is 51.4 Å². The van der Waals surface area contributed by atoms with Crippen molar-refractivity contribution in [1.29, 1.82) is 0 Å². The molecule has 0 aliphatic carbocycles. The number of nitrogens with two attached hydrogens (primary N) is 1. The third-order valence-corrected chi connectivity index (χ3v) is 8.66. The van der Waals surface area contributed by atoms with Gasteiger partial charge in [-0.2, -0.15) is 0 Å². The third-order valence-electron chi connectivity index (χ3n) is 7.67. The first-order valence-electron chi connectivity index (χ1n) is 17.4. The predicted molar refractivity (Wildman–Crippen MR) is 177 cm³/mol. The summed E-state index contributed by atoms with van der Waals surface area (Å²) in [7, 11) is -4.36. The SMILES string of the molecule is CCCC/C=C\CCCCCC(O)CC(=O)NC(COP(=O)(O)OCCN)C(O)CCCCCCCCCCCCCC. The minimum absolute atomic E-state index is 0.0587. The molecule has 0 aliphatic heterocycles. The van der Waals surface area contributed by atoms with E-state index in [1.807, 2.05) is 0 Å². The van der Waals surface area contributed by atoms with E-state index in [2.05, 4.69) is 31.3 Å². The molecule has 0 saturated heterocycles. The van der Waals surface area contributed by atoms with Crippen molar-refractivity contribution in [2.24, 2.45) is 5.73 Å². The summed E-state index contributed by atoms with van der Waals surface area (Å²) < 4.78 is 21.9. The Labute approximate surface area is 263 Å². The number of phosphoric acid groups is 1. The molecule has 0 aromatic carbocycles. The average Bonchev–Trinajstić information content (AvgIpc) is 2.97. The van der Waals surface area contributed by atoms with Gasteiger partial charge in [-0.1, -0.05) is 129 Å². The fraction of sp³-hybridized carbons (Fsp3) is 0.909. The number of aliphatic hydroxyl groups is 2. The van der Waals surface area contributed by atoms with Crippen LogP contribution in [0.2, 0.25) is 0 Å². The summed E-state index contributed by atoms with van der Waals surface area (Å²) in [6, 6.07) is -0.895. The summed E-state index contributed by atoms with van der Waals surface area (Å²) in [4.78, 5) is 22.5. The average molecular weight is 635 g/mol. The highest BCUT2D eigenvalue weighted by Crippen LogP contribution is 2.43. The highest BCUT2D eigenvalue weighted by atomic mass is 31.2. The zero-order chi connectivity index (χ0) is 32.0. The molecule has 0 saturated carbocycles. The Hall–Kier alpha value is -0.800. The van der Waals surface area contributed by atoms with Crippen molar-refractivity contribution in [3.63, 3.8) is 0 Å². The van der Waals surface area contributed by atoms with Crippen molar-refractivity contribution < 1.29 is 33.5 Å². The number of allylic oxidation sites excluding steroid dienone is 2. The Morgan fingerprint density at radius 3 is 1.86 bits per heavy atom. The van der Waals surface area contributed by atoms with E-state index in [0.29, 0.717) is 12.8 Å². The molecule has 256 valence electrons. The zero-order valence-electron chi connectivity index (χ0n) is 27.6. The molecular weight excluding hydrogens is 567 g/mol. The van der Waals surface area contributed by atoms with E-state index in [9.17, 15) is 24.5 Å². The van der Waals surface area contributed by atoms with Crippen molar-refractivity contribution in [1.82, 2.24) is 5.32 Å². The van der Waals surface area contributed by atoms with Crippen molar-refractivity contribution in [3.05, 3.63) is 12.2 Å². The Morgan fingerprint density at radius 1 is 0.767 bits per heavy atom. The lowest BCUT2D eigenvalue weighted by atomic mass is 10.0. The molecule has 4 unspecified atom stereocenters. The van der Waals surface area contributed by atoms with Crippen LogP contribution in [0.5, 0.6) is 0 Å². The van der Waals surface area contributed by atoms with Crippen molar-refractivity contribution in [3.8, 4) is 0 Å². The van der Waals surface area contributed by atoms with Gasteiger partial charge in [-0.3, -0.25) is 13.8 Å². The third kappa shape index (κ3) is 28.4. The van der Waals surface area contributed by atoms with E-state index in [1.54, 1.807) is 0 Å². The first kappa shape index (κ1) is 42.2. The maximum Gasteiger partial charge on any atom is 0.472 e. The van der Waals surface area contributed by atoms with Gasteiger partial charge in [0, 0.05) is 6.54 Å². The number of aliphatic hydroxyl groups excluding tert-OH is 2. The quantitative estimate of drug-likeness (QED) is 0.0290. The van der Waals surface area contributed by atoms with E-state index in [-0.39, 0.29) is 26.2 Å². The molecule has 9 nitrogen and oxygen atoms in total. The van der Waals surface area contributed by atoms with Gasteiger partial charge in [-0.15, -0.1) is 0 Å². The van der Waals surface area contributed by atoms with Crippen LogP contribution >= 0.6 is 7.82 Å². The van der Waals surface area contributed by atoms with Crippen LogP contribution in [0.3, 0.4) is 0 Å². The second kappa shape index (κ2) is 29.9. The van der Waals surface area contributed by atoms with E-state index < -0.39 is 32.0 Å². The zero-order valence-corrected chi connectivity index (χ0v) is 28.5. The van der Waals surface area contributed by atoms with Crippen molar-refractivity contribution in [2.45, 2.75) is 173 Å². The number of amides is 1. The lowest BCUT2D eigenvalue weighted by molar-refractivity contribution is -0.125. The first-order valence-corrected chi connectivity index (χ1v) is 18.9. The van der Waals surface area contributed by atoms with E-state index in [1.165, 1.54) is 70.6 Å². The van der Waals surface area contributed by atoms with Gasteiger partial charge in [-0.05, 0) is 32.1 Å². The minimum atomic E-state index is -4.36. The lowest BCUT2D eigenvalue weighted by Crippen LogP contribution is -2.47. The van der Waals surface area contributed by atoms with Gasteiger partial charge in [0.1, 0.15) is 0 Å². The first-order chi connectivity index (χ1) is 20.8. The number of unbranched alkanes of at least 4 members (excludes halogenated alkanes) is 16. The summed E-state index contributed by atoms with van der Waals surface area (Å²) in [5.74, 6) is -0.427. The molecule has 0 fully saturated rings. The second-order valence-corrected chi connectivity index (χ2v) is 13.4. The van der Waals surface area contributed by atoms with Gasteiger partial charge in [0.15, 0.2) is 0 Å². The Balaban J connectivity index is 4.46. The Morgan fingerprint density at radius 2 is 1.28 bits per heavy atom. The van der Waals surface area contributed by atoms with Crippen LogP contribution in [0.25, 0.3) is 0 Å². The maximum atomic E-state index is 12.7. The fourth-order valence-electron chi connectivity index (χ4n) is 4.98. The van der Waals surface area contributed by atoms with Crippen LogP contribution in [0.1, 0.15) is 155 Å². The molecule has 6 N–H and O–H groups in total. The Bertz CT molecular complexity index is 711. The Kier molecular flexibility index (Phi) is 29.3. The maximum absolute atomic E-state index is 12.7. The number of hydrogen-bond acceptors (Lipinski definition) is 7.